The van der Waals surface area contributed by atoms with E-state index in [0.717, 1.165) is 12.8 Å². The number of rotatable bonds is 5. The molecule has 0 bridgehead atoms. The third kappa shape index (κ3) is 2.34. The van der Waals surface area contributed by atoms with Crippen LogP contribution >= 0.6 is 0 Å². The van der Waals surface area contributed by atoms with Crippen LogP contribution < -0.4 is 16.2 Å². The molecule has 0 aromatic heterocycles. The van der Waals surface area contributed by atoms with Crippen molar-refractivity contribution in [3.63, 3.8) is 0 Å². The summed E-state index contributed by atoms with van der Waals surface area (Å²) < 4.78 is 5.56. The number of carboxylic acids is 1. The SMILES string of the molecule is NCC1(COc2c(N)cccc2C(=O)O)CC1. The van der Waals surface area contributed by atoms with E-state index >= 15 is 0 Å². The molecule has 5 nitrogen and oxygen atoms in total. The predicted octanol–water partition coefficient (Wildman–Crippen LogP) is 1.08. The second-order valence-electron chi connectivity index (χ2n) is 4.52. The van der Waals surface area contributed by atoms with Crippen molar-refractivity contribution in [2.75, 3.05) is 18.9 Å². The molecule has 1 aliphatic rings. The average molecular weight is 236 g/mol. The van der Waals surface area contributed by atoms with Crippen molar-refractivity contribution in [3.05, 3.63) is 23.8 Å². The molecule has 0 aliphatic heterocycles. The minimum absolute atomic E-state index is 0.0258. The van der Waals surface area contributed by atoms with Crippen LogP contribution in [0.3, 0.4) is 0 Å². The fraction of sp³-hybridized carbons (Fsp3) is 0.417. The van der Waals surface area contributed by atoms with Gasteiger partial charge >= 0.3 is 5.97 Å². The number of benzene rings is 1. The Balaban J connectivity index is 2.17. The number of carbonyl (C=O) groups is 1. The smallest absolute Gasteiger partial charge is 0.339 e. The maximum absolute atomic E-state index is 11.0. The monoisotopic (exact) mass is 236 g/mol. The zero-order valence-electron chi connectivity index (χ0n) is 9.48. The number of nitrogens with two attached hydrogens (primary N) is 2. The molecule has 0 amide bonds. The normalized spacial score (nSPS) is 16.5. The van der Waals surface area contributed by atoms with E-state index < -0.39 is 5.97 Å². The number of para-hydroxylation sites is 1. The minimum Gasteiger partial charge on any atom is -0.490 e. The van der Waals surface area contributed by atoms with Crippen LogP contribution in [0.15, 0.2) is 18.2 Å². The Morgan fingerprint density at radius 1 is 1.47 bits per heavy atom. The van der Waals surface area contributed by atoms with Gasteiger partial charge in [-0.25, -0.2) is 4.79 Å². The molecule has 0 radical (unpaired) electrons. The standard InChI is InChI=1S/C12H16N2O3/c13-6-12(4-5-12)7-17-10-8(11(15)16)2-1-3-9(10)14/h1-3H,4-7,13-14H2,(H,15,16). The molecule has 1 fully saturated rings. The van der Waals surface area contributed by atoms with E-state index in [9.17, 15) is 4.79 Å². The Hall–Kier alpha value is -1.75. The highest BCUT2D eigenvalue weighted by molar-refractivity contribution is 5.93. The van der Waals surface area contributed by atoms with Gasteiger partial charge in [-0.2, -0.15) is 0 Å². The summed E-state index contributed by atoms with van der Waals surface area (Å²) in [5.41, 5.74) is 11.8. The molecule has 5 N–H and O–H groups in total. The molecule has 1 aromatic carbocycles. The van der Waals surface area contributed by atoms with Crippen molar-refractivity contribution < 1.29 is 14.6 Å². The quantitative estimate of drug-likeness (QED) is 0.664. The fourth-order valence-corrected chi connectivity index (χ4v) is 1.69. The van der Waals surface area contributed by atoms with Crippen molar-refractivity contribution in [1.82, 2.24) is 0 Å². The van der Waals surface area contributed by atoms with Gasteiger partial charge in [0.15, 0.2) is 5.75 Å². The highest BCUT2D eigenvalue weighted by atomic mass is 16.5. The summed E-state index contributed by atoms with van der Waals surface area (Å²) in [6.45, 7) is 0.986. The first kappa shape index (κ1) is 11.7. The van der Waals surface area contributed by atoms with Gasteiger partial charge in [-0.1, -0.05) is 6.07 Å². The predicted molar refractivity (Wildman–Crippen MR) is 64.0 cm³/mol. The van der Waals surface area contributed by atoms with Crippen LogP contribution in [0, 0.1) is 5.41 Å². The Bertz CT molecular complexity index is 441. The van der Waals surface area contributed by atoms with Gasteiger partial charge in [-0.05, 0) is 25.0 Å². The van der Waals surface area contributed by atoms with Crippen LogP contribution in [-0.2, 0) is 0 Å². The van der Waals surface area contributed by atoms with Crippen LogP contribution in [-0.4, -0.2) is 24.2 Å². The summed E-state index contributed by atoms with van der Waals surface area (Å²) in [4.78, 5) is 11.0. The number of ether oxygens (including phenoxy) is 1. The zero-order chi connectivity index (χ0) is 12.5. The molecule has 0 atom stereocenters. The number of aromatic carboxylic acids is 1. The van der Waals surface area contributed by atoms with Gasteiger partial charge in [0.1, 0.15) is 5.56 Å². The van der Waals surface area contributed by atoms with Gasteiger partial charge in [0.2, 0.25) is 0 Å². The van der Waals surface area contributed by atoms with Crippen LogP contribution in [0.5, 0.6) is 5.75 Å². The number of nitrogen functional groups attached to an aromatic ring is 1. The highest BCUT2D eigenvalue weighted by Crippen LogP contribution is 2.45. The number of anilines is 1. The van der Waals surface area contributed by atoms with Gasteiger partial charge in [0.05, 0.1) is 12.3 Å². The Labute approximate surface area is 99.4 Å². The first-order chi connectivity index (χ1) is 8.08. The number of hydrogen-bond donors (Lipinski definition) is 3. The maximum Gasteiger partial charge on any atom is 0.339 e. The van der Waals surface area contributed by atoms with Gasteiger partial charge in [0, 0.05) is 12.0 Å². The van der Waals surface area contributed by atoms with Gasteiger partial charge in [-0.15, -0.1) is 0 Å². The Morgan fingerprint density at radius 2 is 2.18 bits per heavy atom. The number of hydrogen-bond acceptors (Lipinski definition) is 4. The van der Waals surface area contributed by atoms with E-state index in [-0.39, 0.29) is 16.7 Å². The van der Waals surface area contributed by atoms with E-state index in [0.29, 0.717) is 18.8 Å². The summed E-state index contributed by atoms with van der Waals surface area (Å²) in [6, 6.07) is 4.71. The lowest BCUT2D eigenvalue weighted by atomic mass is 10.1. The largest absolute Gasteiger partial charge is 0.490 e. The van der Waals surface area contributed by atoms with Crippen LogP contribution in [0.1, 0.15) is 23.2 Å². The summed E-state index contributed by atoms with van der Waals surface area (Å²) >= 11 is 0. The molecule has 1 aromatic rings. The molecule has 0 spiro atoms. The van der Waals surface area contributed by atoms with Crippen LogP contribution in [0.25, 0.3) is 0 Å². The lowest BCUT2D eigenvalue weighted by Crippen LogP contribution is -2.23. The molecular formula is C12H16N2O3. The topological polar surface area (TPSA) is 98.6 Å². The molecule has 1 saturated carbocycles. The van der Waals surface area contributed by atoms with Crippen molar-refractivity contribution in [2.24, 2.45) is 11.1 Å². The third-order valence-corrected chi connectivity index (χ3v) is 3.19. The molecule has 2 rings (SSSR count). The molecule has 0 unspecified atom stereocenters. The minimum atomic E-state index is -1.04. The zero-order valence-corrected chi connectivity index (χ0v) is 9.48. The average Bonchev–Trinajstić information content (AvgIpc) is 3.08. The van der Waals surface area contributed by atoms with Crippen molar-refractivity contribution in [1.29, 1.82) is 0 Å². The molecule has 5 heteroatoms. The van der Waals surface area contributed by atoms with E-state index in [1.54, 1.807) is 12.1 Å². The van der Waals surface area contributed by atoms with Crippen molar-refractivity contribution >= 4 is 11.7 Å². The van der Waals surface area contributed by atoms with Crippen molar-refractivity contribution in [3.8, 4) is 5.75 Å². The number of carboxylic acid groups (broad SMARTS) is 1. The second-order valence-corrected chi connectivity index (χ2v) is 4.52. The molecule has 17 heavy (non-hydrogen) atoms. The van der Waals surface area contributed by atoms with Gasteiger partial charge in [0.25, 0.3) is 0 Å². The highest BCUT2D eigenvalue weighted by Gasteiger charge is 2.42. The van der Waals surface area contributed by atoms with E-state index in [1.807, 2.05) is 0 Å². The van der Waals surface area contributed by atoms with E-state index in [1.165, 1.54) is 6.07 Å². The lowest BCUT2D eigenvalue weighted by molar-refractivity contribution is 0.0691. The first-order valence-corrected chi connectivity index (χ1v) is 5.53. The maximum atomic E-state index is 11.0. The summed E-state index contributed by atoms with van der Waals surface area (Å²) in [5.74, 6) is -0.787. The lowest BCUT2D eigenvalue weighted by Gasteiger charge is -2.16. The second kappa shape index (κ2) is 4.25. The molecule has 1 aliphatic carbocycles. The van der Waals surface area contributed by atoms with Gasteiger partial charge in [-0.3, -0.25) is 0 Å². The summed E-state index contributed by atoms with van der Waals surface area (Å²) in [6.07, 6.45) is 2.05. The Morgan fingerprint density at radius 3 is 2.71 bits per heavy atom. The summed E-state index contributed by atoms with van der Waals surface area (Å²) in [7, 11) is 0. The Kier molecular flexibility index (Phi) is 2.93. The van der Waals surface area contributed by atoms with E-state index in [4.69, 9.17) is 21.3 Å². The molecular weight excluding hydrogens is 220 g/mol. The van der Waals surface area contributed by atoms with Crippen LogP contribution in [0.2, 0.25) is 0 Å². The van der Waals surface area contributed by atoms with E-state index in [2.05, 4.69) is 0 Å². The fourth-order valence-electron chi connectivity index (χ4n) is 1.69. The van der Waals surface area contributed by atoms with Crippen LogP contribution in [0.4, 0.5) is 5.69 Å². The van der Waals surface area contributed by atoms with Gasteiger partial charge < -0.3 is 21.3 Å². The third-order valence-electron chi connectivity index (χ3n) is 3.19. The van der Waals surface area contributed by atoms with Crippen molar-refractivity contribution in [2.45, 2.75) is 12.8 Å². The summed E-state index contributed by atoms with van der Waals surface area (Å²) in [5, 5.41) is 9.03. The first-order valence-electron chi connectivity index (χ1n) is 5.53. The molecule has 92 valence electrons. The molecule has 0 saturated heterocycles. The molecule has 0 heterocycles.